The molecule has 0 unspecified atom stereocenters. The fraction of sp³-hybridized carbons (Fsp3) is 0.833. The standard InChI is InChI=1S/C18H33N3O3Si/c1-8-23-17(22)16-13(2)21(20-19-16)14-9-11-15(12-10-14)24-25(6,7)18(3,4)5/h14-15H,8-12H2,1-7H3. The molecule has 1 aromatic heterocycles. The quantitative estimate of drug-likeness (QED) is 0.574. The third-order valence-electron chi connectivity index (χ3n) is 5.65. The topological polar surface area (TPSA) is 66.2 Å². The van der Waals surface area contributed by atoms with Crippen LogP contribution in [0.4, 0.5) is 0 Å². The molecule has 0 bridgehead atoms. The second-order valence-corrected chi connectivity index (χ2v) is 13.3. The lowest BCUT2D eigenvalue weighted by molar-refractivity contribution is 0.0518. The maximum Gasteiger partial charge on any atom is 0.360 e. The number of hydrogen-bond acceptors (Lipinski definition) is 5. The van der Waals surface area contributed by atoms with Crippen molar-refractivity contribution in [2.45, 2.75) is 90.6 Å². The van der Waals surface area contributed by atoms with Gasteiger partial charge in [0.25, 0.3) is 0 Å². The largest absolute Gasteiger partial charge is 0.461 e. The zero-order valence-corrected chi connectivity index (χ0v) is 17.8. The third-order valence-corrected chi connectivity index (χ3v) is 10.2. The van der Waals surface area contributed by atoms with E-state index in [2.05, 4.69) is 44.2 Å². The van der Waals surface area contributed by atoms with Gasteiger partial charge in [0.1, 0.15) is 0 Å². The molecule has 25 heavy (non-hydrogen) atoms. The summed E-state index contributed by atoms with van der Waals surface area (Å²) in [5.41, 5.74) is 1.13. The Hall–Kier alpha value is -1.21. The highest BCUT2D eigenvalue weighted by Gasteiger charge is 2.40. The van der Waals surface area contributed by atoms with Crippen molar-refractivity contribution >= 4 is 14.3 Å². The van der Waals surface area contributed by atoms with E-state index in [0.29, 0.717) is 18.4 Å². The Balaban J connectivity index is 1.98. The average molecular weight is 368 g/mol. The SMILES string of the molecule is CCOC(=O)c1nnn(C2CCC(O[Si](C)(C)C(C)(C)C)CC2)c1C. The van der Waals surface area contributed by atoms with Crippen LogP contribution < -0.4 is 0 Å². The van der Waals surface area contributed by atoms with Crippen LogP contribution in [0.5, 0.6) is 0 Å². The van der Waals surface area contributed by atoms with E-state index in [1.165, 1.54) is 0 Å². The van der Waals surface area contributed by atoms with Gasteiger partial charge in [0.15, 0.2) is 14.0 Å². The van der Waals surface area contributed by atoms with Crippen molar-refractivity contribution < 1.29 is 14.0 Å². The molecule has 142 valence electrons. The van der Waals surface area contributed by atoms with Crippen LogP contribution >= 0.6 is 0 Å². The second kappa shape index (κ2) is 7.58. The number of esters is 1. The van der Waals surface area contributed by atoms with Crippen LogP contribution in [0.3, 0.4) is 0 Å². The monoisotopic (exact) mass is 367 g/mol. The van der Waals surface area contributed by atoms with Crippen molar-refractivity contribution in [2.75, 3.05) is 6.61 Å². The summed E-state index contributed by atoms with van der Waals surface area (Å²) in [5.74, 6) is -0.388. The first-order valence-electron chi connectivity index (χ1n) is 9.33. The lowest BCUT2D eigenvalue weighted by Crippen LogP contribution is -2.44. The Morgan fingerprint density at radius 3 is 2.36 bits per heavy atom. The molecule has 0 aliphatic heterocycles. The number of carbonyl (C=O) groups is 1. The van der Waals surface area contributed by atoms with E-state index in [-0.39, 0.29) is 17.0 Å². The van der Waals surface area contributed by atoms with Crippen LogP contribution in [-0.4, -0.2) is 42.0 Å². The van der Waals surface area contributed by atoms with Gasteiger partial charge < -0.3 is 9.16 Å². The zero-order valence-electron chi connectivity index (χ0n) is 16.8. The van der Waals surface area contributed by atoms with E-state index in [4.69, 9.17) is 9.16 Å². The third kappa shape index (κ3) is 4.50. The number of aromatic nitrogens is 3. The highest BCUT2D eigenvalue weighted by molar-refractivity contribution is 6.74. The molecule has 1 aliphatic rings. The van der Waals surface area contributed by atoms with Gasteiger partial charge in [0.05, 0.1) is 18.3 Å². The highest BCUT2D eigenvalue weighted by atomic mass is 28.4. The summed E-state index contributed by atoms with van der Waals surface area (Å²) in [6.45, 7) is 15.5. The van der Waals surface area contributed by atoms with Gasteiger partial charge in [0, 0.05) is 6.10 Å². The summed E-state index contributed by atoms with van der Waals surface area (Å²) in [7, 11) is -1.72. The molecule has 0 radical (unpaired) electrons. The molecule has 6 nitrogen and oxygen atoms in total. The minimum absolute atomic E-state index is 0.237. The molecular weight excluding hydrogens is 334 g/mol. The van der Waals surface area contributed by atoms with E-state index in [0.717, 1.165) is 31.4 Å². The molecule has 1 fully saturated rings. The molecule has 2 rings (SSSR count). The summed E-state index contributed by atoms with van der Waals surface area (Å²) >= 11 is 0. The smallest absolute Gasteiger partial charge is 0.360 e. The predicted octanol–water partition coefficient (Wildman–Crippen LogP) is 4.27. The Bertz CT molecular complexity index is 599. The Morgan fingerprint density at radius 2 is 1.84 bits per heavy atom. The average Bonchev–Trinajstić information content (AvgIpc) is 2.88. The first-order valence-corrected chi connectivity index (χ1v) is 12.2. The minimum atomic E-state index is -1.72. The Morgan fingerprint density at radius 1 is 1.24 bits per heavy atom. The molecule has 1 aromatic rings. The highest BCUT2D eigenvalue weighted by Crippen LogP contribution is 2.40. The fourth-order valence-electron chi connectivity index (χ4n) is 3.08. The zero-order chi connectivity index (χ0) is 18.8. The molecule has 7 heteroatoms. The van der Waals surface area contributed by atoms with Gasteiger partial charge in [-0.25, -0.2) is 9.48 Å². The number of hydrogen-bond donors (Lipinski definition) is 0. The normalized spacial score (nSPS) is 22.0. The molecule has 1 saturated carbocycles. The maximum atomic E-state index is 11.9. The maximum absolute atomic E-state index is 11.9. The lowest BCUT2D eigenvalue weighted by Gasteiger charge is -2.41. The van der Waals surface area contributed by atoms with E-state index >= 15 is 0 Å². The number of rotatable bonds is 5. The molecule has 0 N–H and O–H groups in total. The van der Waals surface area contributed by atoms with Gasteiger partial charge in [0.2, 0.25) is 0 Å². The number of nitrogens with zero attached hydrogens (tertiary/aromatic N) is 3. The van der Waals surface area contributed by atoms with Crippen LogP contribution in [0.1, 0.15) is 75.6 Å². The van der Waals surface area contributed by atoms with Crippen molar-refractivity contribution in [1.29, 1.82) is 0 Å². The van der Waals surface area contributed by atoms with Crippen molar-refractivity contribution in [3.05, 3.63) is 11.4 Å². The first kappa shape index (κ1) is 20.1. The van der Waals surface area contributed by atoms with Crippen molar-refractivity contribution in [3.63, 3.8) is 0 Å². The van der Waals surface area contributed by atoms with E-state index in [1.807, 2.05) is 11.6 Å². The number of ether oxygens (including phenoxy) is 1. The fourth-order valence-corrected chi connectivity index (χ4v) is 4.50. The summed E-state index contributed by atoms with van der Waals surface area (Å²) in [5, 5.41) is 8.49. The number of carbonyl (C=O) groups excluding carboxylic acids is 1. The minimum Gasteiger partial charge on any atom is -0.461 e. The van der Waals surface area contributed by atoms with E-state index < -0.39 is 8.32 Å². The molecule has 0 amide bonds. The summed E-state index contributed by atoms with van der Waals surface area (Å²) < 4.78 is 13.5. The van der Waals surface area contributed by atoms with Gasteiger partial charge in [-0.1, -0.05) is 26.0 Å². The molecule has 0 aromatic carbocycles. The van der Waals surface area contributed by atoms with Crippen LogP contribution in [0.2, 0.25) is 18.1 Å². The molecule has 0 saturated heterocycles. The van der Waals surface area contributed by atoms with Gasteiger partial charge >= 0.3 is 5.97 Å². The van der Waals surface area contributed by atoms with Gasteiger partial charge in [-0.2, -0.15) is 0 Å². The van der Waals surface area contributed by atoms with E-state index in [9.17, 15) is 4.79 Å². The van der Waals surface area contributed by atoms with Crippen molar-refractivity contribution in [1.82, 2.24) is 15.0 Å². The molecule has 0 spiro atoms. The summed E-state index contributed by atoms with van der Waals surface area (Å²) in [4.78, 5) is 11.9. The van der Waals surface area contributed by atoms with Crippen LogP contribution in [-0.2, 0) is 9.16 Å². The predicted molar refractivity (Wildman–Crippen MR) is 100 cm³/mol. The molecule has 1 heterocycles. The van der Waals surface area contributed by atoms with Gasteiger partial charge in [-0.3, -0.25) is 0 Å². The first-order chi connectivity index (χ1) is 11.6. The Kier molecular flexibility index (Phi) is 6.09. The van der Waals surface area contributed by atoms with E-state index in [1.54, 1.807) is 6.92 Å². The summed E-state index contributed by atoms with van der Waals surface area (Å²) in [6.07, 6.45) is 4.42. The lowest BCUT2D eigenvalue weighted by atomic mass is 9.93. The second-order valence-electron chi connectivity index (χ2n) is 8.50. The molecular formula is C18H33N3O3Si. The van der Waals surface area contributed by atoms with Gasteiger partial charge in [-0.05, 0) is 57.7 Å². The Labute approximate surface area is 152 Å². The van der Waals surface area contributed by atoms with Crippen LogP contribution in [0.25, 0.3) is 0 Å². The molecule has 0 atom stereocenters. The summed E-state index contributed by atoms with van der Waals surface area (Å²) in [6, 6.07) is 0.287. The van der Waals surface area contributed by atoms with Crippen LogP contribution in [0.15, 0.2) is 0 Å². The van der Waals surface area contributed by atoms with Crippen molar-refractivity contribution in [3.8, 4) is 0 Å². The van der Waals surface area contributed by atoms with Gasteiger partial charge in [-0.15, -0.1) is 5.10 Å². The molecule has 1 aliphatic carbocycles. The van der Waals surface area contributed by atoms with Crippen molar-refractivity contribution in [2.24, 2.45) is 0 Å². The van der Waals surface area contributed by atoms with Crippen LogP contribution in [0, 0.1) is 6.92 Å².